The fraction of sp³-hybridized carbons (Fsp3) is 0.286. The van der Waals surface area contributed by atoms with Crippen LogP contribution < -0.4 is 5.32 Å². The molecule has 0 aliphatic carbocycles. The van der Waals surface area contributed by atoms with E-state index in [2.05, 4.69) is 24.2 Å². The molecule has 0 fully saturated rings. The van der Waals surface area contributed by atoms with E-state index in [4.69, 9.17) is 10.8 Å². The Morgan fingerprint density at radius 3 is 3.06 bits per heavy atom. The van der Waals surface area contributed by atoms with Crippen molar-refractivity contribution in [3.63, 3.8) is 0 Å². The molecular formula is C14H15NO. The number of fused-ring (bicyclic) bond motifs is 1. The summed E-state index contributed by atoms with van der Waals surface area (Å²) in [6.07, 6.45) is 7.81. The molecule has 82 valence electrons. The second-order valence-corrected chi connectivity index (χ2v) is 3.95. The highest BCUT2D eigenvalue weighted by Crippen LogP contribution is 2.20. The molecule has 2 heteroatoms. The number of hydrogen-bond acceptors (Lipinski definition) is 2. The Morgan fingerprint density at radius 2 is 2.25 bits per heavy atom. The third-order valence-corrected chi connectivity index (χ3v) is 2.63. The fourth-order valence-corrected chi connectivity index (χ4v) is 1.70. The normalized spacial score (nSPS) is 12.5. The van der Waals surface area contributed by atoms with Crippen LogP contribution in [0.4, 0.5) is 0 Å². The van der Waals surface area contributed by atoms with E-state index >= 15 is 0 Å². The molecule has 1 unspecified atom stereocenters. The quantitative estimate of drug-likeness (QED) is 0.790. The largest absolute Gasteiger partial charge is 0.464 e. The Kier molecular flexibility index (Phi) is 3.28. The summed E-state index contributed by atoms with van der Waals surface area (Å²) in [5.74, 6) is 2.65. The van der Waals surface area contributed by atoms with E-state index in [1.165, 1.54) is 10.9 Å². The number of hydrogen-bond donors (Lipinski definition) is 1. The average Bonchev–Trinajstić information content (AvgIpc) is 2.70. The lowest BCUT2D eigenvalue weighted by atomic mass is 10.1. The second kappa shape index (κ2) is 4.87. The number of furan rings is 1. The first-order chi connectivity index (χ1) is 7.81. The summed E-state index contributed by atoms with van der Waals surface area (Å²) in [5.41, 5.74) is 2.11. The molecule has 0 bridgehead atoms. The van der Waals surface area contributed by atoms with Crippen LogP contribution in [0.1, 0.15) is 18.9 Å². The summed E-state index contributed by atoms with van der Waals surface area (Å²) in [4.78, 5) is 0. The lowest BCUT2D eigenvalue weighted by Gasteiger charge is -2.09. The van der Waals surface area contributed by atoms with Gasteiger partial charge in [0.1, 0.15) is 5.58 Å². The van der Waals surface area contributed by atoms with E-state index in [0.29, 0.717) is 6.04 Å². The molecule has 0 amide bonds. The van der Waals surface area contributed by atoms with Crippen LogP contribution in [-0.4, -0.2) is 6.04 Å². The van der Waals surface area contributed by atoms with Crippen LogP contribution in [0, 0.1) is 12.3 Å². The van der Waals surface area contributed by atoms with E-state index in [-0.39, 0.29) is 0 Å². The molecule has 0 aliphatic rings. The van der Waals surface area contributed by atoms with E-state index in [9.17, 15) is 0 Å². The first-order valence-electron chi connectivity index (χ1n) is 5.43. The zero-order valence-electron chi connectivity index (χ0n) is 9.36. The molecule has 0 saturated heterocycles. The Labute approximate surface area is 95.6 Å². The number of para-hydroxylation sites is 1. The van der Waals surface area contributed by atoms with Crippen LogP contribution in [0.2, 0.25) is 0 Å². The Morgan fingerprint density at radius 1 is 1.44 bits per heavy atom. The van der Waals surface area contributed by atoms with Crippen molar-refractivity contribution < 1.29 is 4.42 Å². The predicted octanol–water partition coefficient (Wildman–Crippen LogP) is 2.93. The van der Waals surface area contributed by atoms with Crippen LogP contribution in [0.15, 0.2) is 34.9 Å². The van der Waals surface area contributed by atoms with E-state index in [1.54, 1.807) is 6.26 Å². The van der Waals surface area contributed by atoms with Gasteiger partial charge in [-0.3, -0.25) is 0 Å². The molecule has 2 rings (SSSR count). The molecule has 1 aromatic heterocycles. The molecule has 0 saturated carbocycles. The van der Waals surface area contributed by atoms with Gasteiger partial charge < -0.3 is 9.73 Å². The SMILES string of the molecule is C#CCC(C)NCc1coc2ccccc12. The van der Waals surface area contributed by atoms with Gasteiger partial charge in [-0.15, -0.1) is 12.3 Å². The van der Waals surface area contributed by atoms with Gasteiger partial charge in [0.25, 0.3) is 0 Å². The van der Waals surface area contributed by atoms with Crippen molar-refractivity contribution in [2.45, 2.75) is 25.9 Å². The highest BCUT2D eigenvalue weighted by Gasteiger charge is 2.05. The lowest BCUT2D eigenvalue weighted by molar-refractivity contribution is 0.551. The maximum absolute atomic E-state index is 5.46. The molecule has 2 aromatic rings. The Balaban J connectivity index is 2.08. The van der Waals surface area contributed by atoms with Crippen molar-refractivity contribution in [3.05, 3.63) is 36.1 Å². The summed E-state index contributed by atoms with van der Waals surface area (Å²) in [6.45, 7) is 2.88. The average molecular weight is 213 g/mol. The van der Waals surface area contributed by atoms with Gasteiger partial charge in [-0.1, -0.05) is 18.2 Å². The van der Waals surface area contributed by atoms with E-state index in [0.717, 1.165) is 18.5 Å². The van der Waals surface area contributed by atoms with Crippen LogP contribution >= 0.6 is 0 Å². The van der Waals surface area contributed by atoms with Crippen LogP contribution in [0.5, 0.6) is 0 Å². The third-order valence-electron chi connectivity index (χ3n) is 2.63. The molecule has 0 radical (unpaired) electrons. The van der Waals surface area contributed by atoms with E-state index < -0.39 is 0 Å². The number of nitrogens with one attached hydrogen (secondary N) is 1. The molecule has 0 aliphatic heterocycles. The molecule has 0 spiro atoms. The summed E-state index contributed by atoms with van der Waals surface area (Å²) >= 11 is 0. The van der Waals surface area contributed by atoms with Gasteiger partial charge in [0.05, 0.1) is 6.26 Å². The van der Waals surface area contributed by atoms with Crippen molar-refractivity contribution in [1.29, 1.82) is 0 Å². The highest BCUT2D eigenvalue weighted by molar-refractivity contribution is 5.80. The first-order valence-corrected chi connectivity index (χ1v) is 5.43. The summed E-state index contributed by atoms with van der Waals surface area (Å²) in [7, 11) is 0. The zero-order valence-corrected chi connectivity index (χ0v) is 9.36. The molecular weight excluding hydrogens is 198 g/mol. The molecule has 2 nitrogen and oxygen atoms in total. The maximum Gasteiger partial charge on any atom is 0.134 e. The number of rotatable bonds is 4. The Hall–Kier alpha value is -1.72. The number of benzene rings is 1. The third kappa shape index (κ3) is 2.26. The smallest absolute Gasteiger partial charge is 0.134 e. The highest BCUT2D eigenvalue weighted by atomic mass is 16.3. The summed E-state index contributed by atoms with van der Waals surface area (Å²) in [6, 6.07) is 8.38. The molecule has 16 heavy (non-hydrogen) atoms. The Bertz CT molecular complexity index is 507. The van der Waals surface area contributed by atoms with Crippen LogP contribution in [0.3, 0.4) is 0 Å². The molecule has 1 heterocycles. The fourth-order valence-electron chi connectivity index (χ4n) is 1.70. The predicted molar refractivity (Wildman–Crippen MR) is 66.0 cm³/mol. The van der Waals surface area contributed by atoms with Crippen molar-refractivity contribution >= 4 is 11.0 Å². The monoisotopic (exact) mass is 213 g/mol. The van der Waals surface area contributed by atoms with Crippen molar-refractivity contribution in [2.24, 2.45) is 0 Å². The number of terminal acetylenes is 1. The standard InChI is InChI=1S/C14H15NO/c1-3-6-11(2)15-9-12-10-16-14-8-5-4-7-13(12)14/h1,4-5,7-8,10-11,15H,6,9H2,2H3. The topological polar surface area (TPSA) is 25.2 Å². The summed E-state index contributed by atoms with van der Waals surface area (Å²) < 4.78 is 5.46. The van der Waals surface area contributed by atoms with Gasteiger partial charge in [-0.05, 0) is 13.0 Å². The van der Waals surface area contributed by atoms with Crippen molar-refractivity contribution in [3.8, 4) is 12.3 Å². The molecule has 1 N–H and O–H groups in total. The minimum Gasteiger partial charge on any atom is -0.464 e. The van der Waals surface area contributed by atoms with Gasteiger partial charge in [0, 0.05) is 30.0 Å². The van der Waals surface area contributed by atoms with Crippen LogP contribution in [-0.2, 0) is 6.54 Å². The lowest BCUT2D eigenvalue weighted by Crippen LogP contribution is -2.24. The maximum atomic E-state index is 5.46. The second-order valence-electron chi connectivity index (χ2n) is 3.95. The summed E-state index contributed by atoms with van der Waals surface area (Å²) in [5, 5.41) is 4.54. The first kappa shape index (κ1) is 10.8. The molecule has 1 aromatic carbocycles. The molecule has 1 atom stereocenters. The van der Waals surface area contributed by atoms with Gasteiger partial charge >= 0.3 is 0 Å². The van der Waals surface area contributed by atoms with Gasteiger partial charge in [0.2, 0.25) is 0 Å². The van der Waals surface area contributed by atoms with Gasteiger partial charge in [0.15, 0.2) is 0 Å². The zero-order chi connectivity index (χ0) is 11.4. The minimum atomic E-state index is 0.332. The minimum absolute atomic E-state index is 0.332. The van der Waals surface area contributed by atoms with Crippen molar-refractivity contribution in [2.75, 3.05) is 0 Å². The van der Waals surface area contributed by atoms with Gasteiger partial charge in [-0.25, -0.2) is 0 Å². The van der Waals surface area contributed by atoms with E-state index in [1.807, 2.05) is 18.2 Å². The van der Waals surface area contributed by atoms with Crippen LogP contribution in [0.25, 0.3) is 11.0 Å². The van der Waals surface area contributed by atoms with Crippen molar-refractivity contribution in [1.82, 2.24) is 5.32 Å². The van der Waals surface area contributed by atoms with Gasteiger partial charge in [-0.2, -0.15) is 0 Å².